The zero-order chi connectivity index (χ0) is 10.1. The van der Waals surface area contributed by atoms with Gasteiger partial charge in [0.05, 0.1) is 0 Å². The van der Waals surface area contributed by atoms with Gasteiger partial charge in [0.25, 0.3) is 5.91 Å². The molecule has 1 aliphatic rings. The summed E-state index contributed by atoms with van der Waals surface area (Å²) in [6.45, 7) is 3.96. The normalized spacial score (nSPS) is 15.3. The number of rotatable bonds is 2. The standard InChI is InChI=1S/C12H15NO/c1-8-4-3-5-9(2)11(8)12(14)13-10-6-7-10/h3-5,10H,6-7H2,1-2H3,(H,13,14). The molecule has 0 bridgehead atoms. The molecule has 1 aromatic carbocycles. The number of amides is 1. The zero-order valence-electron chi connectivity index (χ0n) is 8.63. The van der Waals surface area contributed by atoms with Gasteiger partial charge in [-0.15, -0.1) is 0 Å². The van der Waals surface area contributed by atoms with Crippen molar-refractivity contribution in [2.45, 2.75) is 32.7 Å². The number of hydrogen-bond acceptors (Lipinski definition) is 1. The van der Waals surface area contributed by atoms with Crippen LogP contribution in [-0.2, 0) is 0 Å². The number of aryl methyl sites for hydroxylation is 2. The highest BCUT2D eigenvalue weighted by Gasteiger charge is 2.24. The summed E-state index contributed by atoms with van der Waals surface area (Å²) in [7, 11) is 0. The summed E-state index contributed by atoms with van der Waals surface area (Å²) in [6, 6.07) is 6.38. The molecule has 2 heteroatoms. The van der Waals surface area contributed by atoms with Crippen LogP contribution >= 0.6 is 0 Å². The Labute approximate surface area is 84.3 Å². The summed E-state index contributed by atoms with van der Waals surface area (Å²) in [5.41, 5.74) is 2.96. The quantitative estimate of drug-likeness (QED) is 0.759. The molecule has 2 rings (SSSR count). The Kier molecular flexibility index (Phi) is 2.28. The first-order valence-electron chi connectivity index (χ1n) is 5.05. The van der Waals surface area contributed by atoms with E-state index in [0.29, 0.717) is 6.04 Å². The van der Waals surface area contributed by atoms with Crippen LogP contribution in [0.2, 0.25) is 0 Å². The van der Waals surface area contributed by atoms with Crippen molar-refractivity contribution in [1.82, 2.24) is 5.32 Å². The predicted octanol–water partition coefficient (Wildman–Crippen LogP) is 2.20. The lowest BCUT2D eigenvalue weighted by molar-refractivity contribution is 0.0950. The Morgan fingerprint density at radius 3 is 2.36 bits per heavy atom. The Balaban J connectivity index is 2.24. The van der Waals surface area contributed by atoms with Crippen LogP contribution in [0.3, 0.4) is 0 Å². The zero-order valence-corrected chi connectivity index (χ0v) is 8.63. The first-order chi connectivity index (χ1) is 6.68. The fraction of sp³-hybridized carbons (Fsp3) is 0.417. The van der Waals surface area contributed by atoms with Gasteiger partial charge in [-0.2, -0.15) is 0 Å². The second-order valence-electron chi connectivity index (χ2n) is 4.01. The fourth-order valence-corrected chi connectivity index (χ4v) is 1.66. The Hall–Kier alpha value is -1.31. The summed E-state index contributed by atoms with van der Waals surface area (Å²) in [5.74, 6) is 0.0862. The molecule has 1 saturated carbocycles. The first-order valence-corrected chi connectivity index (χ1v) is 5.05. The molecule has 0 spiro atoms. The molecule has 0 unspecified atom stereocenters. The van der Waals surface area contributed by atoms with Crippen molar-refractivity contribution in [3.05, 3.63) is 34.9 Å². The highest BCUT2D eigenvalue weighted by Crippen LogP contribution is 2.21. The van der Waals surface area contributed by atoms with E-state index in [1.807, 2.05) is 32.0 Å². The molecular weight excluding hydrogens is 174 g/mol. The van der Waals surface area contributed by atoms with Gasteiger partial charge in [0.1, 0.15) is 0 Å². The van der Waals surface area contributed by atoms with Crippen molar-refractivity contribution in [2.24, 2.45) is 0 Å². The van der Waals surface area contributed by atoms with Crippen LogP contribution in [0.25, 0.3) is 0 Å². The maximum Gasteiger partial charge on any atom is 0.252 e. The highest BCUT2D eigenvalue weighted by atomic mass is 16.1. The summed E-state index contributed by atoms with van der Waals surface area (Å²) in [5, 5.41) is 3.01. The van der Waals surface area contributed by atoms with Gasteiger partial charge in [0.15, 0.2) is 0 Å². The van der Waals surface area contributed by atoms with Gasteiger partial charge < -0.3 is 5.32 Å². The minimum Gasteiger partial charge on any atom is -0.349 e. The lowest BCUT2D eigenvalue weighted by Crippen LogP contribution is -2.26. The molecule has 2 nitrogen and oxygen atoms in total. The van der Waals surface area contributed by atoms with E-state index in [-0.39, 0.29) is 5.91 Å². The van der Waals surface area contributed by atoms with Crippen LogP contribution in [0.15, 0.2) is 18.2 Å². The van der Waals surface area contributed by atoms with Crippen molar-refractivity contribution in [3.63, 3.8) is 0 Å². The minimum absolute atomic E-state index is 0.0862. The van der Waals surface area contributed by atoms with Gasteiger partial charge in [0.2, 0.25) is 0 Å². The highest BCUT2D eigenvalue weighted by molar-refractivity contribution is 5.97. The molecule has 0 heterocycles. The van der Waals surface area contributed by atoms with Crippen LogP contribution in [0.4, 0.5) is 0 Å². The molecule has 1 N–H and O–H groups in total. The van der Waals surface area contributed by atoms with Crippen LogP contribution in [0.1, 0.15) is 34.3 Å². The van der Waals surface area contributed by atoms with E-state index in [1.54, 1.807) is 0 Å². The number of hydrogen-bond donors (Lipinski definition) is 1. The van der Waals surface area contributed by atoms with E-state index in [1.165, 1.54) is 0 Å². The van der Waals surface area contributed by atoms with Crippen molar-refractivity contribution in [2.75, 3.05) is 0 Å². The van der Waals surface area contributed by atoms with Crippen LogP contribution < -0.4 is 5.32 Å². The Bertz CT molecular complexity index is 346. The Morgan fingerprint density at radius 1 is 1.29 bits per heavy atom. The summed E-state index contributed by atoms with van der Waals surface area (Å²) >= 11 is 0. The maximum absolute atomic E-state index is 11.8. The van der Waals surface area contributed by atoms with E-state index in [0.717, 1.165) is 29.5 Å². The third kappa shape index (κ3) is 1.79. The van der Waals surface area contributed by atoms with Gasteiger partial charge in [-0.3, -0.25) is 4.79 Å². The lowest BCUT2D eigenvalue weighted by atomic mass is 10.0. The first kappa shape index (κ1) is 9.25. The average Bonchev–Trinajstić information content (AvgIpc) is 2.87. The molecule has 0 aromatic heterocycles. The molecule has 0 radical (unpaired) electrons. The van der Waals surface area contributed by atoms with Gasteiger partial charge in [-0.25, -0.2) is 0 Å². The molecule has 1 fully saturated rings. The lowest BCUT2D eigenvalue weighted by Gasteiger charge is -2.09. The molecule has 1 amide bonds. The number of benzene rings is 1. The number of carbonyl (C=O) groups excluding carboxylic acids is 1. The van der Waals surface area contributed by atoms with Crippen molar-refractivity contribution < 1.29 is 4.79 Å². The largest absolute Gasteiger partial charge is 0.349 e. The van der Waals surface area contributed by atoms with Gasteiger partial charge in [-0.05, 0) is 37.8 Å². The van der Waals surface area contributed by atoms with E-state index < -0.39 is 0 Å². The van der Waals surface area contributed by atoms with Crippen molar-refractivity contribution in [3.8, 4) is 0 Å². The molecule has 1 aromatic rings. The molecule has 0 saturated heterocycles. The number of carbonyl (C=O) groups is 1. The molecular formula is C12H15NO. The predicted molar refractivity (Wildman–Crippen MR) is 56.4 cm³/mol. The molecule has 0 atom stereocenters. The maximum atomic E-state index is 11.8. The van der Waals surface area contributed by atoms with E-state index in [9.17, 15) is 4.79 Å². The fourth-order valence-electron chi connectivity index (χ4n) is 1.66. The third-order valence-electron chi connectivity index (χ3n) is 2.62. The second-order valence-corrected chi connectivity index (χ2v) is 4.01. The van der Waals surface area contributed by atoms with Gasteiger partial charge in [0, 0.05) is 11.6 Å². The van der Waals surface area contributed by atoms with E-state index >= 15 is 0 Å². The second kappa shape index (κ2) is 3.45. The smallest absolute Gasteiger partial charge is 0.252 e. The SMILES string of the molecule is Cc1cccc(C)c1C(=O)NC1CC1. The molecule has 74 valence electrons. The third-order valence-corrected chi connectivity index (χ3v) is 2.62. The van der Waals surface area contributed by atoms with Crippen LogP contribution in [-0.4, -0.2) is 11.9 Å². The van der Waals surface area contributed by atoms with Crippen LogP contribution in [0, 0.1) is 13.8 Å². The summed E-state index contributed by atoms with van der Waals surface area (Å²) in [4.78, 5) is 11.8. The van der Waals surface area contributed by atoms with Crippen molar-refractivity contribution >= 4 is 5.91 Å². The topological polar surface area (TPSA) is 29.1 Å². The monoisotopic (exact) mass is 189 g/mol. The summed E-state index contributed by atoms with van der Waals surface area (Å²) < 4.78 is 0. The van der Waals surface area contributed by atoms with E-state index in [4.69, 9.17) is 0 Å². The Morgan fingerprint density at radius 2 is 1.86 bits per heavy atom. The van der Waals surface area contributed by atoms with E-state index in [2.05, 4.69) is 5.32 Å². The average molecular weight is 189 g/mol. The van der Waals surface area contributed by atoms with Gasteiger partial charge >= 0.3 is 0 Å². The summed E-state index contributed by atoms with van der Waals surface area (Å²) in [6.07, 6.45) is 2.27. The molecule has 1 aliphatic carbocycles. The number of nitrogens with one attached hydrogen (secondary N) is 1. The minimum atomic E-state index is 0.0862. The van der Waals surface area contributed by atoms with Crippen molar-refractivity contribution in [1.29, 1.82) is 0 Å². The van der Waals surface area contributed by atoms with Gasteiger partial charge in [-0.1, -0.05) is 18.2 Å². The molecule has 0 aliphatic heterocycles. The molecule has 14 heavy (non-hydrogen) atoms. The van der Waals surface area contributed by atoms with Crippen LogP contribution in [0.5, 0.6) is 0 Å².